The van der Waals surface area contributed by atoms with Crippen LogP contribution in [0.2, 0.25) is 0 Å². The van der Waals surface area contributed by atoms with E-state index in [0.717, 1.165) is 54.4 Å². The molecule has 0 amide bonds. The first kappa shape index (κ1) is 33.7. The van der Waals surface area contributed by atoms with Gasteiger partial charge in [-0.15, -0.1) is 0 Å². The summed E-state index contributed by atoms with van der Waals surface area (Å²) in [5.74, 6) is 0. The van der Waals surface area contributed by atoms with Crippen LogP contribution in [0.4, 0.5) is 0 Å². The van der Waals surface area contributed by atoms with Gasteiger partial charge in [0.2, 0.25) is 0 Å². The van der Waals surface area contributed by atoms with Crippen LogP contribution < -0.4 is 0 Å². The molecule has 0 atom stereocenters. The molecule has 44 heavy (non-hydrogen) atoms. The van der Waals surface area contributed by atoms with Gasteiger partial charge in [-0.25, -0.2) is 0 Å². The lowest BCUT2D eigenvalue weighted by atomic mass is 9.54. The van der Waals surface area contributed by atoms with E-state index in [0.29, 0.717) is 13.2 Å². The largest absolute Gasteiger partial charge is 0.640 e. The van der Waals surface area contributed by atoms with Crippen molar-refractivity contribution in [1.29, 1.82) is 0 Å². The van der Waals surface area contributed by atoms with Crippen molar-refractivity contribution in [1.82, 2.24) is 0 Å². The summed E-state index contributed by atoms with van der Waals surface area (Å²) in [4.78, 5) is 0. The van der Waals surface area contributed by atoms with Gasteiger partial charge >= 0.3 is 7.32 Å². The quantitative estimate of drug-likeness (QED) is 0.0960. The van der Waals surface area contributed by atoms with Crippen LogP contribution in [0, 0.1) is 27.7 Å². The van der Waals surface area contributed by atoms with Gasteiger partial charge in [-0.05, 0) is 91.5 Å². The monoisotopic (exact) mass is 590 g/mol. The van der Waals surface area contributed by atoms with Gasteiger partial charge in [0.15, 0.2) is 0 Å². The Hall–Kier alpha value is -3.18. The van der Waals surface area contributed by atoms with Crippen molar-refractivity contribution in [2.24, 2.45) is 0 Å². The molecular weight excluding hydrogens is 539 g/mol. The highest BCUT2D eigenvalue weighted by molar-refractivity contribution is 6.36. The summed E-state index contributed by atoms with van der Waals surface area (Å²) in [5.41, 5.74) is 7.83. The number of rotatable bonds is 16. The summed E-state index contributed by atoms with van der Waals surface area (Å²) in [6, 6.07) is 35.0. The molecule has 4 aromatic carbocycles. The van der Waals surface area contributed by atoms with Gasteiger partial charge in [0.25, 0.3) is 0 Å². The van der Waals surface area contributed by atoms with E-state index in [2.05, 4.69) is 146 Å². The number of hydrogen-bond acceptors (Lipinski definition) is 3. The van der Waals surface area contributed by atoms with Crippen LogP contribution in [0.1, 0.15) is 97.4 Å². The first-order valence-corrected chi connectivity index (χ1v) is 16.5. The van der Waals surface area contributed by atoms with Crippen LogP contribution in [0.5, 0.6) is 0 Å². The average molecular weight is 591 g/mol. The maximum Gasteiger partial charge on any atom is 0.640 e. The predicted octanol–water partition coefficient (Wildman–Crippen LogP) is 10.2. The second kappa shape index (κ2) is 15.7. The van der Waals surface area contributed by atoms with Crippen molar-refractivity contribution < 1.29 is 14.0 Å². The van der Waals surface area contributed by atoms with Crippen molar-refractivity contribution in [3.63, 3.8) is 0 Å². The summed E-state index contributed by atoms with van der Waals surface area (Å²) >= 11 is 0. The van der Waals surface area contributed by atoms with E-state index in [1.807, 2.05) is 0 Å². The van der Waals surface area contributed by atoms with Gasteiger partial charge < -0.3 is 14.0 Å². The zero-order valence-corrected chi connectivity index (χ0v) is 28.0. The average Bonchev–Trinajstić information content (AvgIpc) is 3.03. The van der Waals surface area contributed by atoms with Gasteiger partial charge in [-0.2, -0.15) is 0 Å². The van der Waals surface area contributed by atoms with Crippen molar-refractivity contribution in [2.45, 2.75) is 91.6 Å². The molecule has 0 radical (unpaired) electrons. The Morgan fingerprint density at radius 2 is 0.841 bits per heavy atom. The normalized spacial score (nSPS) is 12.0. The fraction of sp³-hybridized carbons (Fsp3) is 0.400. The molecule has 3 nitrogen and oxygen atoms in total. The van der Waals surface area contributed by atoms with Gasteiger partial charge in [0.05, 0.1) is 5.41 Å². The molecule has 4 rings (SSSR count). The van der Waals surface area contributed by atoms with Gasteiger partial charge in [0.1, 0.15) is 5.60 Å². The molecule has 0 spiro atoms. The fourth-order valence-corrected chi connectivity index (χ4v) is 6.93. The minimum atomic E-state index is -1.01. The maximum absolute atomic E-state index is 7.70. The standard InChI is InChI=1S/C40H51BO3/c1-8-11-29-42-41(43-30-12-9-2)44-40(37-27-19-15-23-33(37)6,38-28-20-16-24-34(38)7)39(10-3,35-25-17-13-21-31(35)4)36-26-18-14-22-32(36)5/h13-28H,8-12,29-30H2,1-7H3. The van der Waals surface area contributed by atoms with Crippen LogP contribution >= 0.6 is 0 Å². The van der Waals surface area contributed by atoms with Crippen molar-refractivity contribution >= 4 is 7.32 Å². The molecule has 4 heteroatoms. The smallest absolute Gasteiger partial charge is 0.386 e. The van der Waals surface area contributed by atoms with Crippen LogP contribution in [0.3, 0.4) is 0 Å². The van der Waals surface area contributed by atoms with E-state index in [1.165, 1.54) is 22.3 Å². The van der Waals surface area contributed by atoms with E-state index in [1.54, 1.807) is 0 Å². The minimum Gasteiger partial charge on any atom is -0.386 e. The van der Waals surface area contributed by atoms with Crippen molar-refractivity contribution in [2.75, 3.05) is 13.2 Å². The second-order valence-electron chi connectivity index (χ2n) is 12.1. The van der Waals surface area contributed by atoms with Gasteiger partial charge in [0, 0.05) is 13.2 Å². The Kier molecular flexibility index (Phi) is 12.0. The molecule has 4 aromatic rings. The third-order valence-corrected chi connectivity index (χ3v) is 9.17. The first-order valence-electron chi connectivity index (χ1n) is 16.5. The maximum atomic E-state index is 7.70. The lowest BCUT2D eigenvalue weighted by Crippen LogP contribution is -2.57. The number of unbranched alkanes of at least 4 members (excludes halogenated alkanes) is 2. The van der Waals surface area contributed by atoms with Crippen LogP contribution in [-0.2, 0) is 25.0 Å². The molecule has 0 saturated carbocycles. The second-order valence-corrected chi connectivity index (χ2v) is 12.1. The lowest BCUT2D eigenvalue weighted by molar-refractivity contribution is -0.0325. The fourth-order valence-electron chi connectivity index (χ4n) is 6.93. The molecule has 0 fully saturated rings. The SMILES string of the molecule is CCCCOB(OCCCC)OC(c1ccccc1C)(c1ccccc1C)C(CC)(c1ccccc1C)c1ccccc1C. The molecule has 0 heterocycles. The Bertz CT molecular complexity index is 1380. The molecule has 0 aliphatic rings. The number of hydrogen-bond donors (Lipinski definition) is 0. The third-order valence-electron chi connectivity index (χ3n) is 9.17. The Balaban J connectivity index is 2.22. The third kappa shape index (κ3) is 6.59. The zero-order chi connectivity index (χ0) is 31.6. The Morgan fingerprint density at radius 1 is 0.500 bits per heavy atom. The molecule has 0 aliphatic carbocycles. The molecule has 232 valence electrons. The summed E-state index contributed by atoms with van der Waals surface area (Å²) in [7, 11) is -0.855. The van der Waals surface area contributed by atoms with E-state index >= 15 is 0 Å². The topological polar surface area (TPSA) is 27.7 Å². The summed E-state index contributed by atoms with van der Waals surface area (Å²) in [6.07, 6.45) is 4.73. The van der Waals surface area contributed by atoms with Crippen LogP contribution in [0.15, 0.2) is 97.1 Å². The van der Waals surface area contributed by atoms with E-state index in [-0.39, 0.29) is 0 Å². The summed E-state index contributed by atoms with van der Waals surface area (Å²) in [6.45, 7) is 16.7. The van der Waals surface area contributed by atoms with E-state index < -0.39 is 18.3 Å². The molecule has 0 saturated heterocycles. The van der Waals surface area contributed by atoms with Gasteiger partial charge in [-0.1, -0.05) is 131 Å². The molecular formula is C40H51BO3. The highest BCUT2D eigenvalue weighted by Crippen LogP contribution is 2.58. The Morgan fingerprint density at radius 3 is 1.16 bits per heavy atom. The van der Waals surface area contributed by atoms with Gasteiger partial charge in [-0.3, -0.25) is 0 Å². The van der Waals surface area contributed by atoms with E-state index in [4.69, 9.17) is 14.0 Å². The van der Waals surface area contributed by atoms with Crippen LogP contribution in [-0.4, -0.2) is 20.5 Å². The van der Waals surface area contributed by atoms with Crippen LogP contribution in [0.25, 0.3) is 0 Å². The highest BCUT2D eigenvalue weighted by Gasteiger charge is 2.59. The molecule has 0 bridgehead atoms. The van der Waals surface area contributed by atoms with E-state index in [9.17, 15) is 0 Å². The summed E-state index contributed by atoms with van der Waals surface area (Å²) < 4.78 is 20.8. The molecule has 0 N–H and O–H groups in total. The van der Waals surface area contributed by atoms with Crippen molar-refractivity contribution in [3.8, 4) is 0 Å². The summed E-state index contributed by atoms with van der Waals surface area (Å²) in [5, 5.41) is 0. The molecule has 0 unspecified atom stereocenters. The van der Waals surface area contributed by atoms with Crippen molar-refractivity contribution in [3.05, 3.63) is 142 Å². The highest BCUT2D eigenvalue weighted by atomic mass is 16.7. The lowest BCUT2D eigenvalue weighted by Gasteiger charge is -2.54. The molecule has 0 aliphatic heterocycles. The predicted molar refractivity (Wildman–Crippen MR) is 185 cm³/mol. The number of benzene rings is 4. The first-order chi connectivity index (χ1) is 21.4. The Labute approximate surface area is 267 Å². The number of aryl methyl sites for hydroxylation is 4. The zero-order valence-electron chi connectivity index (χ0n) is 28.0. The molecule has 0 aromatic heterocycles. The minimum absolute atomic E-state index is 0.568.